The molecule has 0 amide bonds. The van der Waals surface area contributed by atoms with Crippen LogP contribution >= 0.6 is 24.0 Å². The van der Waals surface area contributed by atoms with Crippen LogP contribution in [0.15, 0.2) is 41.5 Å². The molecular formula is C20H30IN5. The SMILES string of the molecule is CN=C(NCc1ccnn1C)NCC1(c2cccc(C)c2)CCCC1.I. The van der Waals surface area contributed by atoms with Gasteiger partial charge < -0.3 is 10.6 Å². The minimum atomic E-state index is 0. The molecule has 5 nitrogen and oxygen atoms in total. The molecule has 1 fully saturated rings. The van der Waals surface area contributed by atoms with Crippen LogP contribution in [0, 0.1) is 6.92 Å². The molecule has 0 bridgehead atoms. The predicted molar refractivity (Wildman–Crippen MR) is 118 cm³/mol. The number of rotatable bonds is 5. The van der Waals surface area contributed by atoms with Crippen LogP contribution in [0.3, 0.4) is 0 Å². The number of aryl methyl sites for hydroxylation is 2. The van der Waals surface area contributed by atoms with E-state index in [-0.39, 0.29) is 29.4 Å². The molecule has 1 saturated carbocycles. The summed E-state index contributed by atoms with van der Waals surface area (Å²) >= 11 is 0. The number of guanidine groups is 1. The van der Waals surface area contributed by atoms with E-state index in [1.54, 1.807) is 0 Å². The van der Waals surface area contributed by atoms with Crippen molar-refractivity contribution in [3.05, 3.63) is 53.3 Å². The molecule has 1 aliphatic carbocycles. The number of halogens is 1. The summed E-state index contributed by atoms with van der Waals surface area (Å²) in [6, 6.07) is 11.0. The van der Waals surface area contributed by atoms with E-state index in [0.717, 1.165) is 18.2 Å². The molecule has 0 radical (unpaired) electrons. The van der Waals surface area contributed by atoms with Gasteiger partial charge in [-0.15, -0.1) is 24.0 Å². The Morgan fingerprint density at radius 1 is 1.23 bits per heavy atom. The highest BCUT2D eigenvalue weighted by atomic mass is 127. The van der Waals surface area contributed by atoms with Crippen LogP contribution in [-0.4, -0.2) is 29.3 Å². The molecule has 0 aliphatic heterocycles. The highest BCUT2D eigenvalue weighted by molar-refractivity contribution is 14.0. The monoisotopic (exact) mass is 467 g/mol. The smallest absolute Gasteiger partial charge is 0.191 e. The van der Waals surface area contributed by atoms with Gasteiger partial charge in [0.1, 0.15) is 0 Å². The predicted octanol–water partition coefficient (Wildman–Crippen LogP) is 3.52. The second-order valence-electron chi connectivity index (χ2n) is 7.08. The molecule has 142 valence electrons. The van der Waals surface area contributed by atoms with E-state index in [0.29, 0.717) is 6.54 Å². The maximum absolute atomic E-state index is 4.39. The molecule has 1 heterocycles. The van der Waals surface area contributed by atoms with Crippen molar-refractivity contribution in [2.75, 3.05) is 13.6 Å². The lowest BCUT2D eigenvalue weighted by molar-refractivity contribution is 0.431. The summed E-state index contributed by atoms with van der Waals surface area (Å²) in [7, 11) is 3.78. The Kier molecular flexibility index (Phi) is 7.49. The number of hydrogen-bond acceptors (Lipinski definition) is 2. The van der Waals surface area contributed by atoms with Crippen molar-refractivity contribution in [1.82, 2.24) is 20.4 Å². The Hall–Kier alpha value is -1.57. The molecular weight excluding hydrogens is 437 g/mol. The zero-order valence-corrected chi connectivity index (χ0v) is 18.3. The van der Waals surface area contributed by atoms with Gasteiger partial charge >= 0.3 is 0 Å². The number of benzene rings is 1. The third kappa shape index (κ3) is 4.78. The van der Waals surface area contributed by atoms with Crippen molar-refractivity contribution in [3.63, 3.8) is 0 Å². The first-order valence-electron chi connectivity index (χ1n) is 9.11. The molecule has 0 spiro atoms. The summed E-state index contributed by atoms with van der Waals surface area (Å²) < 4.78 is 1.88. The molecule has 2 N–H and O–H groups in total. The van der Waals surface area contributed by atoms with Gasteiger partial charge in [-0.1, -0.05) is 42.7 Å². The van der Waals surface area contributed by atoms with Gasteiger partial charge in [0.05, 0.1) is 12.2 Å². The summed E-state index contributed by atoms with van der Waals surface area (Å²) in [6.07, 6.45) is 6.90. The van der Waals surface area contributed by atoms with Crippen LogP contribution in [0.2, 0.25) is 0 Å². The zero-order chi connectivity index (χ0) is 17.7. The fourth-order valence-corrected chi connectivity index (χ4v) is 3.82. The van der Waals surface area contributed by atoms with E-state index >= 15 is 0 Å². The average molecular weight is 467 g/mol. The van der Waals surface area contributed by atoms with Gasteiger partial charge in [-0.05, 0) is 31.4 Å². The topological polar surface area (TPSA) is 54.2 Å². The molecule has 1 aromatic heterocycles. The number of hydrogen-bond donors (Lipinski definition) is 2. The van der Waals surface area contributed by atoms with E-state index in [1.807, 2.05) is 31.0 Å². The van der Waals surface area contributed by atoms with Gasteiger partial charge in [-0.3, -0.25) is 9.67 Å². The van der Waals surface area contributed by atoms with Crippen molar-refractivity contribution < 1.29 is 0 Å². The third-order valence-corrected chi connectivity index (χ3v) is 5.37. The summed E-state index contributed by atoms with van der Waals surface area (Å²) in [6.45, 7) is 3.81. The van der Waals surface area contributed by atoms with Gasteiger partial charge in [0, 0.05) is 32.3 Å². The van der Waals surface area contributed by atoms with Gasteiger partial charge in [0.2, 0.25) is 0 Å². The van der Waals surface area contributed by atoms with Crippen LogP contribution in [0.1, 0.15) is 42.5 Å². The molecule has 0 saturated heterocycles. The van der Waals surface area contributed by atoms with E-state index in [1.165, 1.54) is 36.8 Å². The zero-order valence-electron chi connectivity index (χ0n) is 16.0. The minimum absolute atomic E-state index is 0. The van der Waals surface area contributed by atoms with Crippen LogP contribution in [0.5, 0.6) is 0 Å². The summed E-state index contributed by atoms with van der Waals surface area (Å²) in [4.78, 5) is 4.39. The van der Waals surface area contributed by atoms with Crippen molar-refractivity contribution in [1.29, 1.82) is 0 Å². The normalized spacial score (nSPS) is 16.2. The first-order valence-corrected chi connectivity index (χ1v) is 9.11. The Morgan fingerprint density at radius 3 is 2.62 bits per heavy atom. The van der Waals surface area contributed by atoms with Crippen molar-refractivity contribution in [3.8, 4) is 0 Å². The van der Waals surface area contributed by atoms with Crippen molar-refractivity contribution >= 4 is 29.9 Å². The van der Waals surface area contributed by atoms with Crippen molar-refractivity contribution in [2.45, 2.75) is 44.6 Å². The highest BCUT2D eigenvalue weighted by Crippen LogP contribution is 2.40. The lowest BCUT2D eigenvalue weighted by Gasteiger charge is -2.31. The molecule has 0 unspecified atom stereocenters. The van der Waals surface area contributed by atoms with E-state index < -0.39 is 0 Å². The van der Waals surface area contributed by atoms with Crippen LogP contribution < -0.4 is 10.6 Å². The average Bonchev–Trinajstić information content (AvgIpc) is 3.25. The van der Waals surface area contributed by atoms with Crippen LogP contribution in [0.25, 0.3) is 0 Å². The minimum Gasteiger partial charge on any atom is -0.356 e. The molecule has 1 aliphatic rings. The molecule has 1 aromatic carbocycles. The first-order chi connectivity index (χ1) is 12.1. The fraction of sp³-hybridized carbons (Fsp3) is 0.500. The Balaban J connectivity index is 0.00000243. The van der Waals surface area contributed by atoms with Gasteiger partial charge in [-0.2, -0.15) is 5.10 Å². The number of aromatic nitrogens is 2. The fourth-order valence-electron chi connectivity index (χ4n) is 3.82. The second kappa shape index (κ2) is 9.39. The second-order valence-corrected chi connectivity index (χ2v) is 7.08. The number of aliphatic imine (C=N–C) groups is 1. The highest BCUT2D eigenvalue weighted by Gasteiger charge is 2.35. The van der Waals surface area contributed by atoms with Crippen molar-refractivity contribution in [2.24, 2.45) is 12.0 Å². The van der Waals surface area contributed by atoms with Gasteiger partial charge in [0.25, 0.3) is 0 Å². The molecule has 26 heavy (non-hydrogen) atoms. The summed E-state index contributed by atoms with van der Waals surface area (Å²) in [5.41, 5.74) is 4.15. The largest absolute Gasteiger partial charge is 0.356 e. The van der Waals surface area contributed by atoms with Gasteiger partial charge in [-0.25, -0.2) is 0 Å². The number of nitrogens with one attached hydrogen (secondary N) is 2. The first kappa shape index (κ1) is 20.7. The maximum Gasteiger partial charge on any atom is 0.191 e. The van der Waals surface area contributed by atoms with Crippen LogP contribution in [0.4, 0.5) is 0 Å². The Bertz CT molecular complexity index is 731. The summed E-state index contributed by atoms with van der Waals surface area (Å²) in [5, 5.41) is 11.2. The van der Waals surface area contributed by atoms with E-state index in [4.69, 9.17) is 0 Å². The lowest BCUT2D eigenvalue weighted by atomic mass is 9.78. The Labute approximate surface area is 173 Å². The maximum atomic E-state index is 4.39. The standard InChI is InChI=1S/C20H29N5.HI/c1-16-7-6-8-17(13-16)20(10-4-5-11-20)15-23-19(21-2)22-14-18-9-12-24-25(18)3;/h6-9,12-13H,4-5,10-11,14-15H2,1-3H3,(H2,21,22,23);1H. The van der Waals surface area contributed by atoms with Gasteiger partial charge in [0.15, 0.2) is 5.96 Å². The summed E-state index contributed by atoms with van der Waals surface area (Å²) in [5.74, 6) is 0.847. The van der Waals surface area contributed by atoms with E-state index in [9.17, 15) is 0 Å². The Morgan fingerprint density at radius 2 is 2.00 bits per heavy atom. The molecule has 0 atom stereocenters. The van der Waals surface area contributed by atoms with Crippen LogP contribution in [-0.2, 0) is 19.0 Å². The van der Waals surface area contributed by atoms with E-state index in [2.05, 4.69) is 51.9 Å². The molecule has 3 rings (SSSR count). The number of nitrogens with zero attached hydrogens (tertiary/aromatic N) is 3. The quantitative estimate of drug-likeness (QED) is 0.402. The molecule has 2 aromatic rings. The lowest BCUT2D eigenvalue weighted by Crippen LogP contribution is -2.44. The third-order valence-electron chi connectivity index (χ3n) is 5.37. The molecule has 6 heteroatoms.